The van der Waals surface area contributed by atoms with E-state index in [1.165, 1.54) is 0 Å². The second-order valence-electron chi connectivity index (χ2n) is 11.3. The van der Waals surface area contributed by atoms with Crippen LogP contribution in [0, 0.1) is 0 Å². The SMILES string of the molecule is C=C(CC1(c2ccccc2)C(=O)Oc2c(C(C)(C)C)cc(C(C)(C)C)cc21)C(=O)OCCCC. The van der Waals surface area contributed by atoms with Crippen LogP contribution in [0.25, 0.3) is 0 Å². The molecule has 0 bridgehead atoms. The van der Waals surface area contributed by atoms with Crippen molar-refractivity contribution in [2.75, 3.05) is 6.61 Å². The van der Waals surface area contributed by atoms with Gasteiger partial charge in [0.25, 0.3) is 0 Å². The first kappa shape index (κ1) is 25.7. The molecule has 2 aromatic carbocycles. The highest BCUT2D eigenvalue weighted by Crippen LogP contribution is 2.52. The predicted molar refractivity (Wildman–Crippen MR) is 136 cm³/mol. The van der Waals surface area contributed by atoms with Crippen molar-refractivity contribution >= 4 is 11.9 Å². The summed E-state index contributed by atoms with van der Waals surface area (Å²) in [4.78, 5) is 26.6. The molecule has 1 aliphatic rings. The third-order valence-corrected chi connectivity index (χ3v) is 6.53. The fraction of sp³-hybridized carbons (Fsp3) is 0.467. The first-order valence-corrected chi connectivity index (χ1v) is 12.1. The normalized spacial score (nSPS) is 17.8. The third-order valence-electron chi connectivity index (χ3n) is 6.53. The molecule has 0 spiro atoms. The van der Waals surface area contributed by atoms with Gasteiger partial charge in [-0.25, -0.2) is 4.79 Å². The molecule has 4 nitrogen and oxygen atoms in total. The molecule has 0 aliphatic carbocycles. The molecule has 0 aromatic heterocycles. The van der Waals surface area contributed by atoms with E-state index in [0.717, 1.165) is 35.1 Å². The standard InChI is InChI=1S/C30H38O4/c1-9-10-16-33-26(31)20(2)19-30(21-14-12-11-13-15-21)24-18-22(28(3,4)5)17-23(29(6,7)8)25(24)34-27(30)32/h11-15,17-18H,2,9-10,16,19H2,1,3-8H3. The highest BCUT2D eigenvalue weighted by atomic mass is 16.5. The summed E-state index contributed by atoms with van der Waals surface area (Å²) in [6.07, 6.45) is 1.82. The molecule has 0 amide bonds. The number of carbonyl (C=O) groups is 2. The lowest BCUT2D eigenvalue weighted by atomic mass is 9.68. The summed E-state index contributed by atoms with van der Waals surface area (Å²) < 4.78 is 11.5. The van der Waals surface area contributed by atoms with Gasteiger partial charge >= 0.3 is 11.9 Å². The zero-order valence-corrected chi connectivity index (χ0v) is 21.7. The number of ether oxygens (including phenoxy) is 2. The van der Waals surface area contributed by atoms with E-state index in [1.54, 1.807) is 0 Å². The van der Waals surface area contributed by atoms with Crippen molar-refractivity contribution in [3.63, 3.8) is 0 Å². The average molecular weight is 463 g/mol. The summed E-state index contributed by atoms with van der Waals surface area (Å²) in [6, 6.07) is 13.8. The van der Waals surface area contributed by atoms with Crippen LogP contribution in [0.15, 0.2) is 54.6 Å². The minimum absolute atomic E-state index is 0.102. The molecule has 0 radical (unpaired) electrons. The first-order chi connectivity index (χ1) is 15.8. The Morgan fingerprint density at radius 1 is 1.03 bits per heavy atom. The molecule has 1 heterocycles. The van der Waals surface area contributed by atoms with Crippen LogP contribution >= 0.6 is 0 Å². The maximum absolute atomic E-state index is 13.8. The fourth-order valence-corrected chi connectivity index (χ4v) is 4.40. The van der Waals surface area contributed by atoms with Crippen LogP contribution in [0.4, 0.5) is 0 Å². The van der Waals surface area contributed by atoms with Crippen LogP contribution in [0.1, 0.15) is 90.0 Å². The number of unbranched alkanes of at least 4 members (excludes halogenated alkanes) is 1. The first-order valence-electron chi connectivity index (χ1n) is 12.1. The minimum Gasteiger partial charge on any atom is -0.462 e. The van der Waals surface area contributed by atoms with Gasteiger partial charge in [0.05, 0.1) is 6.61 Å². The summed E-state index contributed by atoms with van der Waals surface area (Å²) in [5.41, 5.74) is 2.40. The molecule has 0 saturated carbocycles. The summed E-state index contributed by atoms with van der Waals surface area (Å²) in [5.74, 6) is -0.248. The van der Waals surface area contributed by atoms with Crippen molar-refractivity contribution in [1.82, 2.24) is 0 Å². The number of hydrogen-bond acceptors (Lipinski definition) is 4. The largest absolute Gasteiger partial charge is 0.462 e. The predicted octanol–water partition coefficient (Wildman–Crippen LogP) is 6.78. The van der Waals surface area contributed by atoms with Gasteiger partial charge in [-0.2, -0.15) is 0 Å². The van der Waals surface area contributed by atoms with E-state index < -0.39 is 11.4 Å². The quantitative estimate of drug-likeness (QED) is 0.197. The number of esters is 2. The van der Waals surface area contributed by atoms with Gasteiger partial charge in [-0.3, -0.25) is 4.79 Å². The van der Waals surface area contributed by atoms with Gasteiger partial charge in [-0.1, -0.05) is 104 Å². The van der Waals surface area contributed by atoms with Gasteiger partial charge in [0.2, 0.25) is 0 Å². The van der Waals surface area contributed by atoms with Crippen LogP contribution in [0.5, 0.6) is 5.75 Å². The van der Waals surface area contributed by atoms with Crippen molar-refractivity contribution < 1.29 is 19.1 Å². The Morgan fingerprint density at radius 3 is 2.24 bits per heavy atom. The van der Waals surface area contributed by atoms with Crippen LogP contribution in [0.2, 0.25) is 0 Å². The van der Waals surface area contributed by atoms with Crippen molar-refractivity contribution in [3.8, 4) is 5.75 Å². The zero-order chi connectivity index (χ0) is 25.3. The lowest BCUT2D eigenvalue weighted by Gasteiger charge is -2.30. The van der Waals surface area contributed by atoms with Gasteiger partial charge in [-0.15, -0.1) is 0 Å². The minimum atomic E-state index is -1.17. The highest BCUT2D eigenvalue weighted by Gasteiger charge is 2.53. The van der Waals surface area contributed by atoms with E-state index in [4.69, 9.17) is 9.47 Å². The monoisotopic (exact) mass is 462 g/mol. The summed E-state index contributed by atoms with van der Waals surface area (Å²) in [5, 5.41) is 0. The van der Waals surface area contributed by atoms with E-state index in [1.807, 2.05) is 37.3 Å². The Morgan fingerprint density at radius 2 is 1.68 bits per heavy atom. The molecule has 1 aliphatic heterocycles. The van der Waals surface area contributed by atoms with E-state index in [0.29, 0.717) is 12.4 Å². The van der Waals surface area contributed by atoms with Crippen LogP contribution in [-0.4, -0.2) is 18.5 Å². The average Bonchev–Trinajstić information content (AvgIpc) is 3.04. The molecule has 0 saturated heterocycles. The Kier molecular flexibility index (Phi) is 7.12. The fourth-order valence-electron chi connectivity index (χ4n) is 4.40. The third kappa shape index (κ3) is 4.82. The number of carbonyl (C=O) groups excluding carboxylic acids is 2. The smallest absolute Gasteiger partial charge is 0.333 e. The molecule has 2 aromatic rings. The lowest BCUT2D eigenvalue weighted by molar-refractivity contribution is -0.140. The number of hydrogen-bond donors (Lipinski definition) is 0. The Labute approximate surface area is 204 Å². The van der Waals surface area contributed by atoms with Crippen molar-refractivity contribution in [1.29, 1.82) is 0 Å². The van der Waals surface area contributed by atoms with E-state index in [2.05, 4.69) is 60.3 Å². The second-order valence-corrected chi connectivity index (χ2v) is 11.3. The molecule has 182 valence electrons. The summed E-state index contributed by atoms with van der Waals surface area (Å²) in [7, 11) is 0. The molecule has 4 heteroatoms. The van der Waals surface area contributed by atoms with E-state index in [-0.39, 0.29) is 28.8 Å². The van der Waals surface area contributed by atoms with Gasteiger partial charge in [-0.05, 0) is 28.4 Å². The highest BCUT2D eigenvalue weighted by molar-refractivity contribution is 5.98. The molecule has 3 rings (SSSR count). The Hall–Kier alpha value is -2.88. The van der Waals surface area contributed by atoms with E-state index in [9.17, 15) is 9.59 Å². The number of rotatable bonds is 7. The summed E-state index contributed by atoms with van der Waals surface area (Å²) in [6.45, 7) is 19.3. The lowest BCUT2D eigenvalue weighted by Crippen LogP contribution is -2.36. The summed E-state index contributed by atoms with van der Waals surface area (Å²) >= 11 is 0. The molecule has 0 N–H and O–H groups in total. The Balaban J connectivity index is 2.24. The topological polar surface area (TPSA) is 52.6 Å². The Bertz CT molecular complexity index is 1080. The molecular weight excluding hydrogens is 424 g/mol. The van der Waals surface area contributed by atoms with Crippen molar-refractivity contribution in [2.45, 2.75) is 84.0 Å². The molecule has 1 atom stereocenters. The van der Waals surface area contributed by atoms with Crippen LogP contribution < -0.4 is 4.74 Å². The maximum Gasteiger partial charge on any atom is 0.333 e. The van der Waals surface area contributed by atoms with Crippen molar-refractivity contribution in [3.05, 3.63) is 76.9 Å². The van der Waals surface area contributed by atoms with Gasteiger partial charge in [0, 0.05) is 23.1 Å². The number of fused-ring (bicyclic) bond motifs is 1. The molecule has 1 unspecified atom stereocenters. The zero-order valence-electron chi connectivity index (χ0n) is 21.7. The van der Waals surface area contributed by atoms with Crippen LogP contribution in [0.3, 0.4) is 0 Å². The number of benzene rings is 2. The van der Waals surface area contributed by atoms with Gasteiger partial charge in [0.15, 0.2) is 0 Å². The van der Waals surface area contributed by atoms with E-state index >= 15 is 0 Å². The molecule has 34 heavy (non-hydrogen) atoms. The molecule has 0 fully saturated rings. The molecular formula is C30H38O4. The van der Waals surface area contributed by atoms with Crippen molar-refractivity contribution in [2.24, 2.45) is 0 Å². The maximum atomic E-state index is 13.8. The van der Waals surface area contributed by atoms with Gasteiger partial charge < -0.3 is 9.47 Å². The van der Waals surface area contributed by atoms with Crippen LogP contribution in [-0.2, 0) is 30.6 Å². The van der Waals surface area contributed by atoms with Gasteiger partial charge in [0.1, 0.15) is 11.2 Å². The second kappa shape index (κ2) is 9.40.